The standard InChI is InChI=1S/C14H14O3/c1-6(2)8-5-4-7(3)12-9(8)10-11(14(15)16)13(10)17-12/h4-6,10H,1-3H3,(H,15,16)/t10-/m0/s1. The van der Waals surface area contributed by atoms with Crippen LogP contribution in [0.3, 0.4) is 0 Å². The molecule has 88 valence electrons. The van der Waals surface area contributed by atoms with Crippen molar-refractivity contribution >= 4 is 5.97 Å². The molecule has 0 saturated heterocycles. The summed E-state index contributed by atoms with van der Waals surface area (Å²) in [5, 5.41) is 9.05. The van der Waals surface area contributed by atoms with Crippen LogP contribution >= 0.6 is 0 Å². The molecule has 0 aromatic heterocycles. The van der Waals surface area contributed by atoms with Crippen molar-refractivity contribution in [3.05, 3.63) is 40.2 Å². The summed E-state index contributed by atoms with van der Waals surface area (Å²) in [5.74, 6) is 0.958. The lowest BCUT2D eigenvalue weighted by atomic mass is 9.91. The smallest absolute Gasteiger partial charge is 0.336 e. The fraction of sp³-hybridized carbons (Fsp3) is 0.357. The first-order valence-electron chi connectivity index (χ1n) is 5.81. The SMILES string of the molecule is Cc1ccc(C(C)C)c2c1OC1=C(C(=O)O)[C@@H]12. The zero-order chi connectivity index (χ0) is 12.3. The maximum absolute atomic E-state index is 11.0. The van der Waals surface area contributed by atoms with Crippen molar-refractivity contribution in [1.82, 2.24) is 0 Å². The maximum Gasteiger partial charge on any atom is 0.336 e. The second kappa shape index (κ2) is 3.13. The predicted molar refractivity (Wildman–Crippen MR) is 63.3 cm³/mol. The van der Waals surface area contributed by atoms with Gasteiger partial charge in [0.05, 0.1) is 11.5 Å². The number of aliphatic carboxylic acids is 1. The van der Waals surface area contributed by atoms with E-state index in [4.69, 9.17) is 9.84 Å². The van der Waals surface area contributed by atoms with Crippen molar-refractivity contribution in [2.75, 3.05) is 0 Å². The van der Waals surface area contributed by atoms with Crippen LogP contribution in [0.4, 0.5) is 0 Å². The highest BCUT2D eigenvalue weighted by Crippen LogP contribution is 2.59. The molecule has 1 N–H and O–H groups in total. The van der Waals surface area contributed by atoms with Crippen LogP contribution in [-0.4, -0.2) is 11.1 Å². The van der Waals surface area contributed by atoms with Crippen LogP contribution < -0.4 is 4.74 Å². The molecule has 0 unspecified atom stereocenters. The van der Waals surface area contributed by atoms with Gasteiger partial charge >= 0.3 is 5.97 Å². The Kier molecular flexibility index (Phi) is 1.91. The predicted octanol–water partition coefficient (Wildman–Crippen LogP) is 2.95. The summed E-state index contributed by atoms with van der Waals surface area (Å²) in [4.78, 5) is 11.0. The summed E-state index contributed by atoms with van der Waals surface area (Å²) >= 11 is 0. The third kappa shape index (κ3) is 1.25. The number of fused-ring (bicyclic) bond motifs is 3. The summed E-state index contributed by atoms with van der Waals surface area (Å²) in [6, 6.07) is 4.13. The van der Waals surface area contributed by atoms with Crippen LogP contribution in [-0.2, 0) is 4.79 Å². The molecule has 0 spiro atoms. The van der Waals surface area contributed by atoms with Gasteiger partial charge in [0.2, 0.25) is 0 Å². The number of carboxylic acids is 1. The van der Waals surface area contributed by atoms with Crippen LogP contribution in [0.25, 0.3) is 0 Å². The molecule has 1 aliphatic carbocycles. The van der Waals surface area contributed by atoms with Gasteiger partial charge in [-0.1, -0.05) is 26.0 Å². The number of carboxylic acid groups (broad SMARTS) is 1. The van der Waals surface area contributed by atoms with Gasteiger partial charge in [-0.3, -0.25) is 0 Å². The molecule has 0 fully saturated rings. The Morgan fingerprint density at radius 1 is 1.41 bits per heavy atom. The van der Waals surface area contributed by atoms with Crippen LogP contribution in [0.1, 0.15) is 42.4 Å². The summed E-state index contributed by atoms with van der Waals surface area (Å²) in [5.41, 5.74) is 3.79. The van der Waals surface area contributed by atoms with E-state index in [1.54, 1.807) is 0 Å². The zero-order valence-electron chi connectivity index (χ0n) is 10.1. The number of allylic oxidation sites excluding steroid dienone is 1. The largest absolute Gasteiger partial charge is 0.478 e. The second-order valence-corrected chi connectivity index (χ2v) is 4.99. The lowest BCUT2D eigenvalue weighted by Gasteiger charge is -2.14. The minimum absolute atomic E-state index is 0.0835. The number of benzene rings is 1. The number of carbonyl (C=O) groups is 1. The van der Waals surface area contributed by atoms with E-state index in [1.807, 2.05) is 13.0 Å². The minimum atomic E-state index is -0.855. The molecule has 17 heavy (non-hydrogen) atoms. The molecule has 3 nitrogen and oxygen atoms in total. The van der Waals surface area contributed by atoms with Gasteiger partial charge in [0.25, 0.3) is 0 Å². The lowest BCUT2D eigenvalue weighted by molar-refractivity contribution is -0.132. The molecule has 0 radical (unpaired) electrons. The molecular weight excluding hydrogens is 216 g/mol. The molecule has 1 heterocycles. The fourth-order valence-corrected chi connectivity index (χ4v) is 2.59. The number of hydrogen-bond donors (Lipinski definition) is 1. The van der Waals surface area contributed by atoms with E-state index in [2.05, 4.69) is 19.9 Å². The van der Waals surface area contributed by atoms with Crippen molar-refractivity contribution in [2.24, 2.45) is 0 Å². The van der Waals surface area contributed by atoms with Crippen LogP contribution in [0.15, 0.2) is 23.5 Å². The Morgan fingerprint density at radius 2 is 2.12 bits per heavy atom. The molecule has 0 amide bonds. The maximum atomic E-state index is 11.0. The van der Waals surface area contributed by atoms with E-state index in [0.29, 0.717) is 17.3 Å². The first kappa shape index (κ1) is 10.4. The molecule has 1 aromatic rings. The van der Waals surface area contributed by atoms with E-state index >= 15 is 0 Å². The van der Waals surface area contributed by atoms with Gasteiger partial charge in [-0.25, -0.2) is 4.79 Å². The molecule has 1 aromatic carbocycles. The second-order valence-electron chi connectivity index (χ2n) is 4.99. The molecule has 3 rings (SSSR count). The van der Waals surface area contributed by atoms with Crippen LogP contribution in [0.5, 0.6) is 5.75 Å². The van der Waals surface area contributed by atoms with Gasteiger partial charge in [0.15, 0.2) is 0 Å². The summed E-state index contributed by atoms with van der Waals surface area (Å²) < 4.78 is 5.68. The molecule has 0 saturated carbocycles. The Morgan fingerprint density at radius 3 is 2.71 bits per heavy atom. The van der Waals surface area contributed by atoms with Gasteiger partial charge in [-0.05, 0) is 24.0 Å². The Balaban J connectivity index is 2.13. The lowest BCUT2D eigenvalue weighted by Crippen LogP contribution is -2.01. The first-order chi connectivity index (χ1) is 8.02. The summed E-state index contributed by atoms with van der Waals surface area (Å²) in [7, 11) is 0. The van der Waals surface area contributed by atoms with Crippen molar-refractivity contribution in [3.63, 3.8) is 0 Å². The monoisotopic (exact) mass is 230 g/mol. The summed E-state index contributed by atoms with van der Waals surface area (Å²) in [6.07, 6.45) is 0. The van der Waals surface area contributed by atoms with Gasteiger partial charge in [0.1, 0.15) is 11.5 Å². The molecular formula is C14H14O3. The van der Waals surface area contributed by atoms with Gasteiger partial charge in [-0.2, -0.15) is 0 Å². The summed E-state index contributed by atoms with van der Waals surface area (Å²) in [6.45, 7) is 6.23. The third-order valence-electron chi connectivity index (χ3n) is 3.51. The number of rotatable bonds is 2. The Bertz CT molecular complexity index is 567. The van der Waals surface area contributed by atoms with Crippen LogP contribution in [0.2, 0.25) is 0 Å². The number of aryl methyl sites for hydroxylation is 1. The normalized spacial score (nSPS) is 20.1. The van der Waals surface area contributed by atoms with E-state index in [0.717, 1.165) is 16.9 Å². The highest BCUT2D eigenvalue weighted by Gasteiger charge is 2.53. The zero-order valence-corrected chi connectivity index (χ0v) is 10.1. The Hall–Kier alpha value is -1.77. The average Bonchev–Trinajstić information content (AvgIpc) is 2.83. The third-order valence-corrected chi connectivity index (χ3v) is 3.51. The molecule has 0 bridgehead atoms. The van der Waals surface area contributed by atoms with E-state index in [9.17, 15) is 4.79 Å². The highest BCUT2D eigenvalue weighted by atomic mass is 16.5. The number of ether oxygens (including phenoxy) is 1. The van der Waals surface area contributed by atoms with Crippen molar-refractivity contribution in [2.45, 2.75) is 32.6 Å². The average molecular weight is 230 g/mol. The van der Waals surface area contributed by atoms with E-state index in [-0.39, 0.29) is 5.92 Å². The Labute approximate surface area is 99.7 Å². The molecule has 3 heteroatoms. The molecule has 1 atom stereocenters. The highest BCUT2D eigenvalue weighted by molar-refractivity contribution is 5.98. The van der Waals surface area contributed by atoms with Crippen molar-refractivity contribution in [1.29, 1.82) is 0 Å². The van der Waals surface area contributed by atoms with Crippen molar-refractivity contribution in [3.8, 4) is 5.75 Å². The van der Waals surface area contributed by atoms with E-state index in [1.165, 1.54) is 5.56 Å². The first-order valence-corrected chi connectivity index (χ1v) is 5.81. The van der Waals surface area contributed by atoms with Crippen LogP contribution in [0, 0.1) is 6.92 Å². The topological polar surface area (TPSA) is 46.5 Å². The van der Waals surface area contributed by atoms with Crippen molar-refractivity contribution < 1.29 is 14.6 Å². The molecule has 1 aliphatic heterocycles. The van der Waals surface area contributed by atoms with Gasteiger partial charge in [-0.15, -0.1) is 0 Å². The van der Waals surface area contributed by atoms with Gasteiger partial charge in [0, 0.05) is 5.56 Å². The number of hydrogen-bond acceptors (Lipinski definition) is 2. The van der Waals surface area contributed by atoms with E-state index < -0.39 is 5.97 Å². The minimum Gasteiger partial charge on any atom is -0.478 e. The quantitative estimate of drug-likeness (QED) is 0.849. The molecule has 2 aliphatic rings. The fourth-order valence-electron chi connectivity index (χ4n) is 2.59. The van der Waals surface area contributed by atoms with Gasteiger partial charge < -0.3 is 9.84 Å².